The summed E-state index contributed by atoms with van der Waals surface area (Å²) in [6.45, 7) is 3.37. The quantitative estimate of drug-likeness (QED) is 0.570. The van der Waals surface area contributed by atoms with Crippen LogP contribution in [-0.2, 0) is 14.3 Å². The molecule has 0 aliphatic heterocycles. The Balaban J connectivity index is 0.00000169. The summed E-state index contributed by atoms with van der Waals surface area (Å²) in [5, 5.41) is 0. The molecule has 0 aliphatic rings. The van der Waals surface area contributed by atoms with E-state index in [2.05, 4.69) is 10.8 Å². The second kappa shape index (κ2) is 5.57. The minimum atomic E-state index is -3.59. The van der Waals surface area contributed by atoms with Crippen LogP contribution in [0.3, 0.4) is 0 Å². The van der Waals surface area contributed by atoms with Crippen molar-refractivity contribution in [3.63, 3.8) is 0 Å². The third kappa shape index (κ3) is 3.32. The largest absolute Gasteiger partial charge is 0.297 e. The minimum Gasteiger partial charge on any atom is -0.262 e. The van der Waals surface area contributed by atoms with Crippen LogP contribution >= 0.6 is 0 Å². The van der Waals surface area contributed by atoms with Gasteiger partial charge in [0, 0.05) is 0 Å². The highest BCUT2D eigenvalue weighted by atomic mass is 32.2. The van der Waals surface area contributed by atoms with E-state index in [1.165, 1.54) is 18.2 Å². The van der Waals surface area contributed by atoms with Crippen LogP contribution in [0.15, 0.2) is 47.9 Å². The maximum Gasteiger partial charge on any atom is 0.297 e. The second-order valence-corrected chi connectivity index (χ2v) is 3.96. The van der Waals surface area contributed by atoms with Gasteiger partial charge in [0.2, 0.25) is 0 Å². The molecular formula is C10H14O3S. The maximum absolute atomic E-state index is 11.3. The molecule has 0 atom stereocenters. The highest BCUT2D eigenvalue weighted by Crippen LogP contribution is 2.10. The molecule has 0 saturated heterocycles. The monoisotopic (exact) mass is 214 g/mol. The summed E-state index contributed by atoms with van der Waals surface area (Å²) in [6, 6.07) is 8.00. The highest BCUT2D eigenvalue weighted by molar-refractivity contribution is 7.86. The van der Waals surface area contributed by atoms with E-state index in [-0.39, 0.29) is 18.9 Å². The van der Waals surface area contributed by atoms with Gasteiger partial charge in [-0.1, -0.05) is 31.7 Å². The van der Waals surface area contributed by atoms with Crippen LogP contribution in [0, 0.1) is 0 Å². The molecule has 0 amide bonds. The van der Waals surface area contributed by atoms with Gasteiger partial charge in [0.05, 0.1) is 11.5 Å². The average Bonchev–Trinajstić information content (AvgIpc) is 2.16. The zero-order valence-electron chi connectivity index (χ0n) is 7.01. The van der Waals surface area contributed by atoms with Crippen molar-refractivity contribution in [1.82, 2.24) is 0 Å². The zero-order chi connectivity index (χ0) is 9.73. The molecule has 0 radical (unpaired) electrons. The normalized spacial score (nSPS) is 10.3. The lowest BCUT2D eigenvalue weighted by Crippen LogP contribution is -2.05. The van der Waals surface area contributed by atoms with Gasteiger partial charge in [-0.05, 0) is 12.1 Å². The van der Waals surface area contributed by atoms with Crippen molar-refractivity contribution < 1.29 is 12.6 Å². The lowest BCUT2D eigenvalue weighted by atomic mass is 10.4. The summed E-state index contributed by atoms with van der Waals surface area (Å²) >= 11 is 0. The summed E-state index contributed by atoms with van der Waals surface area (Å²) in [4.78, 5) is 0.164. The van der Waals surface area contributed by atoms with Gasteiger partial charge in [-0.3, -0.25) is 4.18 Å². The Kier molecular flexibility index (Phi) is 5.12. The number of hydrogen-bond acceptors (Lipinski definition) is 3. The molecule has 0 unspecified atom stereocenters. The van der Waals surface area contributed by atoms with E-state index in [0.29, 0.717) is 0 Å². The molecule has 0 fully saturated rings. The number of hydrogen-bond donors (Lipinski definition) is 0. The lowest BCUT2D eigenvalue weighted by molar-refractivity contribution is 0.357. The van der Waals surface area contributed by atoms with Gasteiger partial charge in [0.15, 0.2) is 0 Å². The first-order valence-corrected chi connectivity index (χ1v) is 5.13. The predicted molar refractivity (Wildman–Crippen MR) is 56.5 cm³/mol. The van der Waals surface area contributed by atoms with E-state index in [0.717, 1.165) is 0 Å². The average molecular weight is 214 g/mol. The Hall–Kier alpha value is -1.13. The first kappa shape index (κ1) is 12.9. The molecule has 0 saturated carbocycles. The highest BCUT2D eigenvalue weighted by Gasteiger charge is 2.12. The molecule has 78 valence electrons. The first-order valence-electron chi connectivity index (χ1n) is 3.72. The Morgan fingerprint density at radius 1 is 1.29 bits per heavy atom. The molecule has 1 rings (SSSR count). The first-order chi connectivity index (χ1) is 6.17. The molecule has 0 N–H and O–H groups in total. The van der Waals surface area contributed by atoms with Gasteiger partial charge in [-0.2, -0.15) is 8.42 Å². The Bertz CT molecular complexity index is 368. The van der Waals surface area contributed by atoms with Crippen molar-refractivity contribution in [2.45, 2.75) is 12.3 Å². The summed E-state index contributed by atoms with van der Waals surface area (Å²) in [5.41, 5.74) is 0. The fraction of sp³-hybridized carbons (Fsp3) is 0.200. The van der Waals surface area contributed by atoms with Gasteiger partial charge < -0.3 is 0 Å². The van der Waals surface area contributed by atoms with Crippen LogP contribution in [0.5, 0.6) is 0 Å². The van der Waals surface area contributed by atoms with Crippen molar-refractivity contribution in [3.8, 4) is 0 Å². The topological polar surface area (TPSA) is 43.4 Å². The molecule has 0 spiro atoms. The Labute approximate surface area is 85.2 Å². The summed E-state index contributed by atoms with van der Waals surface area (Å²) in [7, 11) is -3.59. The van der Waals surface area contributed by atoms with E-state index >= 15 is 0 Å². The Morgan fingerprint density at radius 2 is 1.86 bits per heavy atom. The van der Waals surface area contributed by atoms with Crippen LogP contribution in [-0.4, -0.2) is 15.0 Å². The molecule has 1 aromatic carbocycles. The third-order valence-corrected chi connectivity index (χ3v) is 2.67. The van der Waals surface area contributed by atoms with Crippen LogP contribution in [0.25, 0.3) is 0 Å². The maximum atomic E-state index is 11.3. The van der Waals surface area contributed by atoms with Gasteiger partial charge >= 0.3 is 0 Å². The molecule has 0 aliphatic carbocycles. The van der Waals surface area contributed by atoms with Gasteiger partial charge in [0.1, 0.15) is 0 Å². The van der Waals surface area contributed by atoms with Crippen molar-refractivity contribution in [1.29, 1.82) is 0 Å². The molecule has 3 nitrogen and oxygen atoms in total. The van der Waals surface area contributed by atoms with Crippen LogP contribution < -0.4 is 0 Å². The van der Waals surface area contributed by atoms with E-state index in [9.17, 15) is 8.42 Å². The fourth-order valence-electron chi connectivity index (χ4n) is 0.793. The predicted octanol–water partition coefficient (Wildman–Crippen LogP) is 2.21. The van der Waals surface area contributed by atoms with Crippen molar-refractivity contribution in [2.24, 2.45) is 0 Å². The summed E-state index contributed by atoms with van der Waals surface area (Å²) in [6.07, 6.45) is 1.39. The number of rotatable bonds is 4. The molecule has 1 aromatic rings. The summed E-state index contributed by atoms with van der Waals surface area (Å²) in [5.74, 6) is 0. The van der Waals surface area contributed by atoms with Gasteiger partial charge in [0.25, 0.3) is 10.1 Å². The second-order valence-electron chi connectivity index (χ2n) is 2.34. The molecule has 14 heavy (non-hydrogen) atoms. The van der Waals surface area contributed by atoms with E-state index in [1.54, 1.807) is 18.2 Å². The van der Waals surface area contributed by atoms with E-state index in [4.69, 9.17) is 0 Å². The van der Waals surface area contributed by atoms with Crippen LogP contribution in [0.4, 0.5) is 0 Å². The minimum absolute atomic E-state index is 0. The van der Waals surface area contributed by atoms with Crippen LogP contribution in [0.1, 0.15) is 7.43 Å². The van der Waals surface area contributed by atoms with E-state index in [1.807, 2.05) is 0 Å². The molecule has 0 heterocycles. The van der Waals surface area contributed by atoms with Crippen molar-refractivity contribution >= 4 is 10.1 Å². The van der Waals surface area contributed by atoms with E-state index < -0.39 is 10.1 Å². The molecule has 0 bridgehead atoms. The number of benzene rings is 1. The molecule has 0 aromatic heterocycles. The molecular weight excluding hydrogens is 200 g/mol. The lowest BCUT2D eigenvalue weighted by Gasteiger charge is -2.01. The Morgan fingerprint density at radius 3 is 2.36 bits per heavy atom. The van der Waals surface area contributed by atoms with Crippen molar-refractivity contribution in [3.05, 3.63) is 43.0 Å². The standard InChI is InChI=1S/C9H10O3S.CH4/c1-2-8-12-13(10,11)9-6-4-3-5-7-9;/h2-7H,1,8H2;1H4. The van der Waals surface area contributed by atoms with Gasteiger partial charge in [-0.25, -0.2) is 0 Å². The zero-order valence-corrected chi connectivity index (χ0v) is 7.83. The fourth-order valence-corrected chi connectivity index (χ4v) is 1.69. The van der Waals surface area contributed by atoms with Crippen LogP contribution in [0.2, 0.25) is 0 Å². The summed E-state index contributed by atoms with van der Waals surface area (Å²) < 4.78 is 27.3. The van der Waals surface area contributed by atoms with Gasteiger partial charge in [-0.15, -0.1) is 6.58 Å². The third-order valence-electron chi connectivity index (χ3n) is 1.37. The SMILES string of the molecule is C.C=CCOS(=O)(=O)c1ccccc1. The van der Waals surface area contributed by atoms with Crippen molar-refractivity contribution in [2.75, 3.05) is 6.61 Å². The molecule has 4 heteroatoms. The smallest absolute Gasteiger partial charge is 0.262 e.